The lowest BCUT2D eigenvalue weighted by Gasteiger charge is -1.94. The van der Waals surface area contributed by atoms with Gasteiger partial charge < -0.3 is 0 Å². The summed E-state index contributed by atoms with van der Waals surface area (Å²) >= 11 is 6.61. The number of hydrogen-bond donors (Lipinski definition) is 1. The summed E-state index contributed by atoms with van der Waals surface area (Å²) in [6.45, 7) is 0. The fourth-order valence-corrected chi connectivity index (χ4v) is 1.82. The largest absolute Gasteiger partial charge is 0.158 e. The highest BCUT2D eigenvalue weighted by Gasteiger charge is 2.03. The lowest BCUT2D eigenvalue weighted by Crippen LogP contribution is -2.22. The predicted molar refractivity (Wildman–Crippen MR) is 45.9 cm³/mol. The van der Waals surface area contributed by atoms with E-state index < -0.39 is 0 Å². The molecule has 4 heteroatoms. The van der Waals surface area contributed by atoms with E-state index in [1.165, 1.54) is 0 Å². The molecule has 0 aliphatic rings. The molecule has 0 saturated heterocycles. The first-order valence-electron chi connectivity index (χ1n) is 2.60. The molecular formula is C6H5Br2N2+. The Morgan fingerprint density at radius 2 is 1.70 bits per heavy atom. The minimum Gasteiger partial charge on any atom is -0.152 e. The van der Waals surface area contributed by atoms with Crippen LogP contribution in [0.2, 0.25) is 0 Å². The fraction of sp³-hybridized carbons (Fsp3) is 0. The number of benzene rings is 1. The summed E-state index contributed by atoms with van der Waals surface area (Å²) in [5, 5.41) is 3.58. The second-order valence-electron chi connectivity index (χ2n) is 1.70. The summed E-state index contributed by atoms with van der Waals surface area (Å²) in [4.78, 5) is 0. The van der Waals surface area contributed by atoms with Crippen molar-refractivity contribution in [3.05, 3.63) is 27.1 Å². The van der Waals surface area contributed by atoms with E-state index >= 15 is 0 Å². The molecule has 0 aliphatic carbocycles. The molecule has 0 fully saturated rings. The van der Waals surface area contributed by atoms with E-state index in [-0.39, 0.29) is 0 Å². The topological polar surface area (TPSA) is 38.0 Å². The van der Waals surface area contributed by atoms with Gasteiger partial charge in [0, 0.05) is 0 Å². The summed E-state index contributed by atoms with van der Waals surface area (Å²) in [5.41, 5.74) is 5.85. The van der Waals surface area contributed by atoms with Crippen LogP contribution < -0.4 is 5.53 Å². The first-order valence-corrected chi connectivity index (χ1v) is 4.19. The van der Waals surface area contributed by atoms with Crippen molar-refractivity contribution in [3.8, 4) is 0 Å². The molecule has 0 aromatic heterocycles. The minimum atomic E-state index is 0.738. The van der Waals surface area contributed by atoms with Gasteiger partial charge in [0.15, 0.2) is 5.69 Å². The maximum atomic E-state index is 5.12. The van der Waals surface area contributed by atoms with Crippen LogP contribution >= 0.6 is 31.9 Å². The van der Waals surface area contributed by atoms with Crippen LogP contribution in [0.25, 0.3) is 0 Å². The van der Waals surface area contributed by atoms with Crippen LogP contribution in [0.15, 0.2) is 32.3 Å². The van der Waals surface area contributed by atoms with Gasteiger partial charge in [0.25, 0.3) is 0 Å². The quantitative estimate of drug-likeness (QED) is 0.755. The van der Waals surface area contributed by atoms with E-state index in [2.05, 4.69) is 37.0 Å². The highest BCUT2D eigenvalue weighted by atomic mass is 79.9. The van der Waals surface area contributed by atoms with E-state index in [4.69, 9.17) is 5.53 Å². The Morgan fingerprint density at radius 1 is 1.20 bits per heavy atom. The zero-order valence-corrected chi connectivity index (χ0v) is 8.18. The van der Waals surface area contributed by atoms with Crippen LogP contribution in [0.1, 0.15) is 0 Å². The average Bonchev–Trinajstić information content (AvgIpc) is 1.88. The van der Waals surface area contributed by atoms with Gasteiger partial charge >= 0.3 is 0 Å². The van der Waals surface area contributed by atoms with Gasteiger partial charge in [-0.15, -0.1) is 0 Å². The highest BCUT2D eigenvalue weighted by Crippen LogP contribution is 2.31. The molecule has 1 aromatic rings. The number of nitrogens with zero attached hydrogens (tertiary/aromatic N) is 1. The third-order valence-electron chi connectivity index (χ3n) is 1.07. The van der Waals surface area contributed by atoms with Gasteiger partial charge in [-0.1, -0.05) is 6.07 Å². The summed E-state index contributed by atoms with van der Waals surface area (Å²) in [6, 6.07) is 5.68. The third kappa shape index (κ3) is 1.44. The van der Waals surface area contributed by atoms with Crippen molar-refractivity contribution in [1.82, 2.24) is 0 Å². The van der Waals surface area contributed by atoms with Gasteiger partial charge in [0.05, 0.1) is 8.95 Å². The Labute approximate surface area is 75.4 Å². The standard InChI is InChI=1S/C6H4Br2N2/c7-4-2-1-3-5(8)6(4)10-9/h1-3,9H/p+1. The van der Waals surface area contributed by atoms with Gasteiger partial charge in [-0.25, -0.2) is 0 Å². The Bertz CT molecular complexity index is 240. The number of halogens is 2. The molecule has 0 atom stereocenters. The molecular weight excluding hydrogens is 260 g/mol. The lowest BCUT2D eigenvalue weighted by atomic mass is 10.3. The molecule has 2 N–H and O–H groups in total. The summed E-state index contributed by atoms with van der Waals surface area (Å²) in [6.07, 6.45) is 0. The van der Waals surface area contributed by atoms with Crippen molar-refractivity contribution in [2.24, 2.45) is 5.11 Å². The second-order valence-corrected chi connectivity index (χ2v) is 3.41. The van der Waals surface area contributed by atoms with E-state index in [0.29, 0.717) is 0 Å². The molecule has 0 aliphatic heterocycles. The Hall–Kier alpha value is -0.220. The average molecular weight is 265 g/mol. The van der Waals surface area contributed by atoms with Crippen molar-refractivity contribution in [2.75, 3.05) is 0 Å². The molecule has 10 heavy (non-hydrogen) atoms. The van der Waals surface area contributed by atoms with Gasteiger partial charge in [-0.2, -0.15) is 5.53 Å². The van der Waals surface area contributed by atoms with E-state index in [0.717, 1.165) is 14.6 Å². The van der Waals surface area contributed by atoms with Crippen molar-refractivity contribution < 1.29 is 5.53 Å². The van der Waals surface area contributed by atoms with Crippen molar-refractivity contribution in [3.63, 3.8) is 0 Å². The Morgan fingerprint density at radius 3 is 2.00 bits per heavy atom. The van der Waals surface area contributed by atoms with Gasteiger partial charge in [-0.05, 0) is 49.1 Å². The molecule has 1 aromatic carbocycles. The molecule has 52 valence electrons. The smallest absolute Gasteiger partial charge is 0.152 e. The molecule has 0 spiro atoms. The molecule has 2 nitrogen and oxygen atoms in total. The Kier molecular flexibility index (Phi) is 2.56. The molecule has 0 unspecified atom stereocenters. The van der Waals surface area contributed by atoms with Crippen LogP contribution in [0, 0.1) is 0 Å². The monoisotopic (exact) mass is 263 g/mol. The van der Waals surface area contributed by atoms with E-state index in [9.17, 15) is 0 Å². The van der Waals surface area contributed by atoms with Crippen molar-refractivity contribution >= 4 is 37.5 Å². The van der Waals surface area contributed by atoms with Gasteiger partial charge in [0.1, 0.15) is 0 Å². The van der Waals surface area contributed by atoms with Crippen LogP contribution in [0.3, 0.4) is 0 Å². The van der Waals surface area contributed by atoms with Crippen molar-refractivity contribution in [1.29, 1.82) is 0 Å². The van der Waals surface area contributed by atoms with E-state index in [1.54, 1.807) is 0 Å². The SMILES string of the molecule is [NH2+]=Nc1c(Br)cccc1Br. The maximum absolute atomic E-state index is 5.12. The molecule has 0 bridgehead atoms. The van der Waals surface area contributed by atoms with Crippen LogP contribution in [-0.4, -0.2) is 0 Å². The number of nitrogens with two attached hydrogens (primary N) is 1. The molecule has 0 radical (unpaired) electrons. The first-order chi connectivity index (χ1) is 4.75. The first kappa shape index (κ1) is 7.88. The summed E-state index contributed by atoms with van der Waals surface area (Å²) in [5.74, 6) is 0. The maximum Gasteiger partial charge on any atom is 0.158 e. The minimum absolute atomic E-state index is 0.738. The Balaban J connectivity index is 3.30. The summed E-state index contributed by atoms with van der Waals surface area (Å²) < 4.78 is 1.79. The normalized spacial score (nSPS) is 9.40. The number of hydrogen-bond acceptors (Lipinski definition) is 1. The molecule has 0 amide bonds. The molecule has 0 heterocycles. The van der Waals surface area contributed by atoms with Crippen LogP contribution in [-0.2, 0) is 0 Å². The van der Waals surface area contributed by atoms with E-state index in [1.807, 2.05) is 18.2 Å². The highest BCUT2D eigenvalue weighted by molar-refractivity contribution is 9.11. The third-order valence-corrected chi connectivity index (χ3v) is 2.35. The van der Waals surface area contributed by atoms with Crippen LogP contribution in [0.4, 0.5) is 5.69 Å². The zero-order chi connectivity index (χ0) is 7.56. The van der Waals surface area contributed by atoms with Crippen LogP contribution in [0.5, 0.6) is 0 Å². The zero-order valence-electron chi connectivity index (χ0n) is 5.01. The van der Waals surface area contributed by atoms with Crippen molar-refractivity contribution in [2.45, 2.75) is 0 Å². The molecule has 0 saturated carbocycles. The second kappa shape index (κ2) is 3.25. The van der Waals surface area contributed by atoms with Gasteiger partial charge in [0.2, 0.25) is 0 Å². The summed E-state index contributed by atoms with van der Waals surface area (Å²) in [7, 11) is 0. The van der Waals surface area contributed by atoms with Gasteiger partial charge in [-0.3, -0.25) is 0 Å². The fourth-order valence-electron chi connectivity index (χ4n) is 0.612. The predicted octanol–water partition coefficient (Wildman–Crippen LogP) is 2.05. The lowest BCUT2D eigenvalue weighted by molar-refractivity contribution is -0.210. The molecule has 1 rings (SSSR count). The number of rotatable bonds is 1.